The number of halogens is 2. The van der Waals surface area contributed by atoms with E-state index in [0.717, 1.165) is 41.0 Å². The summed E-state index contributed by atoms with van der Waals surface area (Å²) in [4.78, 5) is 11.6. The molecule has 0 saturated heterocycles. The first-order valence-electron chi connectivity index (χ1n) is 7.46. The van der Waals surface area contributed by atoms with Crippen molar-refractivity contribution < 1.29 is 0 Å². The number of H-pyrrole nitrogens is 1. The summed E-state index contributed by atoms with van der Waals surface area (Å²) in [6.07, 6.45) is 7.94. The molecule has 0 aliphatic rings. The number of aromatic nitrogens is 5. The lowest BCUT2D eigenvalue weighted by atomic mass is 10.1. The Bertz CT molecular complexity index is 992. The number of fused-ring (bicyclic) bond motifs is 1. The number of nitrogens with one attached hydrogen (secondary N) is 1. The van der Waals surface area contributed by atoms with Gasteiger partial charge >= 0.3 is 0 Å². The number of imidazole rings is 1. The average Bonchev–Trinajstić information content (AvgIpc) is 3.23. The molecule has 0 unspecified atom stereocenters. The molecule has 7 heteroatoms. The van der Waals surface area contributed by atoms with Crippen molar-refractivity contribution in [2.24, 2.45) is 0 Å². The van der Waals surface area contributed by atoms with Gasteiger partial charge in [-0.05, 0) is 18.2 Å². The molecule has 4 rings (SSSR count). The second-order valence-electron chi connectivity index (χ2n) is 5.38. The number of nitrogens with zero attached hydrogens (tertiary/aromatic N) is 4. The SMILES string of the molecule is Clc1ccc(-c2nn(CCc3ncc[nH]3)c3ccncc23)cc1Cl. The van der Waals surface area contributed by atoms with Crippen LogP contribution in [-0.2, 0) is 13.0 Å². The predicted octanol–water partition coefficient (Wildman–Crippen LogP) is 4.37. The third kappa shape index (κ3) is 2.77. The summed E-state index contributed by atoms with van der Waals surface area (Å²) in [5.74, 6) is 0.934. The maximum Gasteiger partial charge on any atom is 0.107 e. The Morgan fingerprint density at radius 3 is 2.79 bits per heavy atom. The minimum Gasteiger partial charge on any atom is -0.349 e. The standard InChI is InChI=1S/C17H13Cl2N5/c18-13-2-1-11(9-14(13)19)17-12-10-20-5-3-15(12)24(23-17)8-4-16-21-6-7-22-16/h1-3,5-7,9-10H,4,8H2,(H,21,22). The molecule has 0 radical (unpaired) electrons. The monoisotopic (exact) mass is 357 g/mol. The van der Waals surface area contributed by atoms with E-state index in [9.17, 15) is 0 Å². The molecule has 5 nitrogen and oxygen atoms in total. The second-order valence-corrected chi connectivity index (χ2v) is 6.19. The van der Waals surface area contributed by atoms with E-state index in [1.54, 1.807) is 18.5 Å². The number of rotatable bonds is 4. The highest BCUT2D eigenvalue weighted by atomic mass is 35.5. The van der Waals surface area contributed by atoms with Crippen LogP contribution in [0.5, 0.6) is 0 Å². The zero-order valence-electron chi connectivity index (χ0n) is 12.6. The molecule has 3 aromatic heterocycles. The van der Waals surface area contributed by atoms with Crippen molar-refractivity contribution in [1.82, 2.24) is 24.7 Å². The first-order valence-corrected chi connectivity index (χ1v) is 8.22. The summed E-state index contributed by atoms with van der Waals surface area (Å²) < 4.78 is 1.97. The molecule has 3 heterocycles. The minimum atomic E-state index is 0.511. The quantitative estimate of drug-likeness (QED) is 0.589. The summed E-state index contributed by atoms with van der Waals surface area (Å²) in [5, 5.41) is 6.78. The topological polar surface area (TPSA) is 59.4 Å². The van der Waals surface area contributed by atoms with Gasteiger partial charge in [0.15, 0.2) is 0 Å². The molecule has 0 saturated carbocycles. The molecule has 120 valence electrons. The van der Waals surface area contributed by atoms with Gasteiger partial charge in [-0.1, -0.05) is 29.3 Å². The van der Waals surface area contributed by atoms with E-state index in [4.69, 9.17) is 28.3 Å². The number of hydrogen-bond acceptors (Lipinski definition) is 3. The van der Waals surface area contributed by atoms with Crippen LogP contribution in [0, 0.1) is 0 Å². The van der Waals surface area contributed by atoms with Crippen molar-refractivity contribution in [1.29, 1.82) is 0 Å². The summed E-state index contributed by atoms with van der Waals surface area (Å²) in [5.41, 5.74) is 2.79. The van der Waals surface area contributed by atoms with Gasteiger partial charge in [-0.25, -0.2) is 4.98 Å². The second kappa shape index (κ2) is 6.26. The fourth-order valence-corrected chi connectivity index (χ4v) is 2.99. The molecule has 4 aromatic rings. The zero-order chi connectivity index (χ0) is 16.5. The summed E-state index contributed by atoms with van der Waals surface area (Å²) >= 11 is 12.2. The van der Waals surface area contributed by atoms with Crippen LogP contribution in [0.3, 0.4) is 0 Å². The maximum atomic E-state index is 6.16. The van der Waals surface area contributed by atoms with E-state index in [2.05, 4.69) is 15.0 Å². The highest BCUT2D eigenvalue weighted by molar-refractivity contribution is 6.42. The van der Waals surface area contributed by atoms with Crippen LogP contribution in [0.1, 0.15) is 5.82 Å². The number of hydrogen-bond donors (Lipinski definition) is 1. The van der Waals surface area contributed by atoms with Crippen molar-refractivity contribution >= 4 is 34.1 Å². The molecule has 1 N–H and O–H groups in total. The van der Waals surface area contributed by atoms with Gasteiger partial charge in [0.05, 0.1) is 15.6 Å². The molecule has 0 fully saturated rings. The highest BCUT2D eigenvalue weighted by Gasteiger charge is 2.13. The molecule has 1 aromatic carbocycles. The van der Waals surface area contributed by atoms with Crippen molar-refractivity contribution in [3.63, 3.8) is 0 Å². The van der Waals surface area contributed by atoms with E-state index >= 15 is 0 Å². The van der Waals surface area contributed by atoms with E-state index in [1.807, 2.05) is 35.3 Å². The third-order valence-electron chi connectivity index (χ3n) is 3.86. The van der Waals surface area contributed by atoms with Crippen LogP contribution in [0.25, 0.3) is 22.2 Å². The zero-order valence-corrected chi connectivity index (χ0v) is 14.1. The molecule has 0 bridgehead atoms. The van der Waals surface area contributed by atoms with Gasteiger partial charge in [0, 0.05) is 48.7 Å². The summed E-state index contributed by atoms with van der Waals surface area (Å²) in [7, 11) is 0. The molecule has 0 atom stereocenters. The van der Waals surface area contributed by atoms with Crippen LogP contribution in [0.4, 0.5) is 0 Å². The average molecular weight is 358 g/mol. The van der Waals surface area contributed by atoms with Gasteiger partial charge in [-0.2, -0.15) is 5.10 Å². The molecule has 0 spiro atoms. The lowest BCUT2D eigenvalue weighted by Gasteiger charge is -2.02. The van der Waals surface area contributed by atoms with Gasteiger partial charge in [0.25, 0.3) is 0 Å². The molecule has 0 aliphatic carbocycles. The predicted molar refractivity (Wildman–Crippen MR) is 95.3 cm³/mol. The van der Waals surface area contributed by atoms with E-state index < -0.39 is 0 Å². The Kier molecular flexibility index (Phi) is 3.96. The van der Waals surface area contributed by atoms with Crippen LogP contribution in [0.15, 0.2) is 49.1 Å². The van der Waals surface area contributed by atoms with Crippen molar-refractivity contribution in [3.05, 3.63) is 64.9 Å². The number of pyridine rings is 1. The Morgan fingerprint density at radius 1 is 1.08 bits per heavy atom. The first kappa shape index (κ1) is 15.2. The van der Waals surface area contributed by atoms with Gasteiger partial charge in [0.1, 0.15) is 11.5 Å². The fourth-order valence-electron chi connectivity index (χ4n) is 2.70. The molecule has 0 aliphatic heterocycles. The summed E-state index contributed by atoms with van der Waals surface area (Å²) in [6, 6.07) is 7.49. The lowest BCUT2D eigenvalue weighted by molar-refractivity contribution is 0.624. The number of aromatic amines is 1. The maximum absolute atomic E-state index is 6.16. The lowest BCUT2D eigenvalue weighted by Crippen LogP contribution is -2.04. The largest absolute Gasteiger partial charge is 0.349 e. The fraction of sp³-hybridized carbons (Fsp3) is 0.118. The highest BCUT2D eigenvalue weighted by Crippen LogP contribution is 2.32. The van der Waals surface area contributed by atoms with Crippen LogP contribution in [-0.4, -0.2) is 24.7 Å². The first-order chi connectivity index (χ1) is 11.7. The Hall–Kier alpha value is -2.37. The smallest absolute Gasteiger partial charge is 0.107 e. The van der Waals surface area contributed by atoms with Gasteiger partial charge < -0.3 is 4.98 Å². The van der Waals surface area contributed by atoms with Gasteiger partial charge in [0.2, 0.25) is 0 Å². The van der Waals surface area contributed by atoms with Crippen LogP contribution < -0.4 is 0 Å². The Morgan fingerprint density at radius 2 is 2.00 bits per heavy atom. The van der Waals surface area contributed by atoms with Crippen molar-refractivity contribution in [2.75, 3.05) is 0 Å². The molecular formula is C17H13Cl2N5. The number of benzene rings is 1. The third-order valence-corrected chi connectivity index (χ3v) is 4.60. The number of aryl methyl sites for hydroxylation is 2. The normalized spacial score (nSPS) is 11.2. The molecule has 24 heavy (non-hydrogen) atoms. The minimum absolute atomic E-state index is 0.511. The van der Waals surface area contributed by atoms with Gasteiger partial charge in [-0.15, -0.1) is 0 Å². The van der Waals surface area contributed by atoms with E-state index in [1.165, 1.54) is 0 Å². The summed E-state index contributed by atoms with van der Waals surface area (Å²) in [6.45, 7) is 0.718. The Balaban J connectivity index is 1.77. The molecule has 0 amide bonds. The van der Waals surface area contributed by atoms with E-state index in [-0.39, 0.29) is 0 Å². The van der Waals surface area contributed by atoms with Crippen LogP contribution in [0.2, 0.25) is 10.0 Å². The van der Waals surface area contributed by atoms with E-state index in [0.29, 0.717) is 10.0 Å². The van der Waals surface area contributed by atoms with Crippen molar-refractivity contribution in [3.8, 4) is 11.3 Å². The van der Waals surface area contributed by atoms with Crippen LogP contribution >= 0.6 is 23.2 Å². The Labute approximate surface area is 148 Å². The van der Waals surface area contributed by atoms with Gasteiger partial charge in [-0.3, -0.25) is 9.67 Å². The van der Waals surface area contributed by atoms with Crippen molar-refractivity contribution in [2.45, 2.75) is 13.0 Å². The molecular weight excluding hydrogens is 345 g/mol.